The van der Waals surface area contributed by atoms with Crippen LogP contribution in [0, 0.1) is 0 Å². The van der Waals surface area contributed by atoms with Gasteiger partial charge in [-0.1, -0.05) is 29.8 Å². The van der Waals surface area contributed by atoms with Crippen LogP contribution in [0.15, 0.2) is 42.7 Å². The first kappa shape index (κ1) is 24.3. The van der Waals surface area contributed by atoms with E-state index in [2.05, 4.69) is 24.9 Å². The fraction of sp³-hybridized carbons (Fsp3) is 0.364. The van der Waals surface area contributed by atoms with Crippen LogP contribution in [0.5, 0.6) is 11.5 Å². The van der Waals surface area contributed by atoms with Gasteiger partial charge in [0.25, 0.3) is 0 Å². The molecule has 34 heavy (non-hydrogen) atoms. The Morgan fingerprint density at radius 1 is 1.26 bits per heavy atom. The number of nitrogens with zero attached hydrogens (tertiary/aromatic N) is 5. The largest absolute Gasteiger partial charge is 0.506 e. The lowest BCUT2D eigenvalue weighted by Crippen LogP contribution is -2.19. The van der Waals surface area contributed by atoms with Crippen LogP contribution in [0.4, 0.5) is 5.95 Å². The molecule has 1 aromatic carbocycles. The molecule has 1 aliphatic heterocycles. The molecular weight excluding hydrogens is 480 g/mol. The molecule has 0 amide bonds. The molecule has 0 spiro atoms. The number of para-hydroxylation sites is 1. The zero-order chi connectivity index (χ0) is 24.1. The first-order valence-corrected chi connectivity index (χ1v) is 11.8. The average molecular weight is 505 g/mol. The lowest BCUT2D eigenvalue weighted by atomic mass is 10.2. The van der Waals surface area contributed by atoms with Crippen molar-refractivity contribution in [2.45, 2.75) is 30.8 Å². The Hall–Kier alpha value is -2.86. The van der Waals surface area contributed by atoms with Gasteiger partial charge in [0, 0.05) is 19.5 Å². The zero-order valence-electron chi connectivity index (χ0n) is 18.9. The minimum atomic E-state index is -0.419. The van der Waals surface area contributed by atoms with Crippen LogP contribution in [0.3, 0.4) is 0 Å². The van der Waals surface area contributed by atoms with E-state index in [0.29, 0.717) is 40.7 Å². The summed E-state index contributed by atoms with van der Waals surface area (Å²) in [6.07, 6.45) is 7.03. The summed E-state index contributed by atoms with van der Waals surface area (Å²) in [5, 5.41) is 19.7. The highest BCUT2D eigenvalue weighted by atomic mass is 35.5. The Morgan fingerprint density at radius 2 is 2.06 bits per heavy atom. The number of aromatic nitrogens is 5. The van der Waals surface area contributed by atoms with Crippen molar-refractivity contribution in [1.29, 1.82) is 0 Å². The van der Waals surface area contributed by atoms with Crippen LogP contribution < -0.4 is 9.46 Å². The molecule has 3 atom stereocenters. The van der Waals surface area contributed by atoms with E-state index in [1.165, 1.54) is 24.3 Å². The number of halogens is 1. The molecule has 180 valence electrons. The van der Waals surface area contributed by atoms with Crippen LogP contribution in [0.2, 0.25) is 5.02 Å². The minimum absolute atomic E-state index is 0.0191. The highest BCUT2D eigenvalue weighted by molar-refractivity contribution is 8.01. The number of anilines is 1. The second-order valence-electron chi connectivity index (χ2n) is 7.39. The third-order valence-electron chi connectivity index (χ3n) is 5.17. The van der Waals surface area contributed by atoms with Crippen LogP contribution in [0.25, 0.3) is 5.69 Å². The van der Waals surface area contributed by atoms with Crippen LogP contribution in [-0.2, 0) is 9.47 Å². The van der Waals surface area contributed by atoms with Gasteiger partial charge in [-0.3, -0.25) is 9.29 Å². The number of hydrogen-bond donors (Lipinski definition) is 2. The summed E-state index contributed by atoms with van der Waals surface area (Å²) in [6, 6.07) is 5.05. The summed E-state index contributed by atoms with van der Waals surface area (Å²) in [4.78, 5) is 8.55. The van der Waals surface area contributed by atoms with E-state index in [9.17, 15) is 5.11 Å². The Balaban J connectivity index is 1.66. The molecule has 1 aliphatic rings. The number of nitrogens with one attached hydrogen (secondary N) is 1. The molecule has 0 saturated carbocycles. The first-order chi connectivity index (χ1) is 16.5. The lowest BCUT2D eigenvalue weighted by Gasteiger charge is -2.22. The maximum Gasteiger partial charge on any atom is 0.239 e. The van der Waals surface area contributed by atoms with E-state index in [1.807, 2.05) is 19.1 Å². The number of rotatable bonds is 9. The van der Waals surface area contributed by atoms with Gasteiger partial charge in [0.15, 0.2) is 11.6 Å². The maximum atomic E-state index is 10.7. The van der Waals surface area contributed by atoms with Crippen LogP contribution in [-0.4, -0.2) is 55.9 Å². The number of aromatic hydroxyl groups is 1. The van der Waals surface area contributed by atoms with Crippen molar-refractivity contribution in [3.05, 3.63) is 59.4 Å². The summed E-state index contributed by atoms with van der Waals surface area (Å²) in [5.74, 6) is 1.90. The van der Waals surface area contributed by atoms with Gasteiger partial charge < -0.3 is 19.3 Å². The standard InChI is InChI=1S/C22H25ClN6O4S/c1-13(19(32-3)20-24-11-14(23)12-25-20)34-28-22-27-26-21(17-8-4-5-10-33-17)29(22)18-15(30)7-6-9-16(18)31-2/h4,6-9,11-13,17,19,30H,5,10H2,1-3H3,(H,27,28). The normalized spacial score (nSPS) is 17.4. The van der Waals surface area contributed by atoms with E-state index < -0.39 is 12.2 Å². The fourth-order valence-electron chi connectivity index (χ4n) is 3.55. The highest BCUT2D eigenvalue weighted by Crippen LogP contribution is 2.38. The smallest absolute Gasteiger partial charge is 0.239 e. The Bertz CT molecular complexity index is 1140. The number of methoxy groups -OCH3 is 2. The molecule has 12 heteroatoms. The van der Waals surface area contributed by atoms with Crippen molar-refractivity contribution >= 4 is 29.5 Å². The molecular formula is C22H25ClN6O4S. The molecule has 0 aliphatic carbocycles. The monoisotopic (exact) mass is 504 g/mol. The molecule has 3 heterocycles. The fourth-order valence-corrected chi connectivity index (χ4v) is 4.43. The Kier molecular flexibility index (Phi) is 7.88. The van der Waals surface area contributed by atoms with Gasteiger partial charge in [-0.2, -0.15) is 0 Å². The summed E-state index contributed by atoms with van der Waals surface area (Å²) in [7, 11) is 3.14. The molecule has 10 nitrogen and oxygen atoms in total. The summed E-state index contributed by atoms with van der Waals surface area (Å²) in [5.41, 5.74) is 0.410. The Labute approximate surface area is 206 Å². The quantitative estimate of drug-likeness (QED) is 0.323. The number of benzene rings is 1. The van der Waals surface area contributed by atoms with Crippen molar-refractivity contribution in [2.24, 2.45) is 0 Å². The van der Waals surface area contributed by atoms with Crippen molar-refractivity contribution in [1.82, 2.24) is 24.7 Å². The third-order valence-corrected chi connectivity index (χ3v) is 6.28. The molecule has 4 rings (SSSR count). The van der Waals surface area contributed by atoms with Crippen molar-refractivity contribution < 1.29 is 19.3 Å². The molecule has 2 N–H and O–H groups in total. The number of phenolic OH excluding ortho intramolecular Hbond substituents is 1. The lowest BCUT2D eigenvalue weighted by molar-refractivity contribution is 0.0730. The molecule has 0 radical (unpaired) electrons. The summed E-state index contributed by atoms with van der Waals surface area (Å²) >= 11 is 7.27. The van der Waals surface area contributed by atoms with E-state index in [-0.39, 0.29) is 11.0 Å². The molecule has 0 fully saturated rings. The van der Waals surface area contributed by atoms with Crippen molar-refractivity contribution in [3.8, 4) is 17.2 Å². The molecule has 3 aromatic rings. The van der Waals surface area contributed by atoms with Gasteiger partial charge in [-0.15, -0.1) is 10.2 Å². The predicted molar refractivity (Wildman–Crippen MR) is 129 cm³/mol. The van der Waals surface area contributed by atoms with Gasteiger partial charge in [0.05, 0.1) is 24.0 Å². The molecule has 0 bridgehead atoms. The van der Waals surface area contributed by atoms with E-state index in [0.717, 1.165) is 6.42 Å². The summed E-state index contributed by atoms with van der Waals surface area (Å²) < 4.78 is 22.0. The first-order valence-electron chi connectivity index (χ1n) is 10.5. The van der Waals surface area contributed by atoms with Gasteiger partial charge in [0.2, 0.25) is 5.95 Å². The topological polar surface area (TPSA) is 116 Å². The third kappa shape index (κ3) is 5.12. The van der Waals surface area contributed by atoms with Gasteiger partial charge >= 0.3 is 0 Å². The molecule has 0 saturated heterocycles. The van der Waals surface area contributed by atoms with Crippen LogP contribution >= 0.6 is 23.5 Å². The minimum Gasteiger partial charge on any atom is -0.506 e. The van der Waals surface area contributed by atoms with Crippen molar-refractivity contribution in [3.63, 3.8) is 0 Å². The second-order valence-corrected chi connectivity index (χ2v) is 9.01. The summed E-state index contributed by atoms with van der Waals surface area (Å²) in [6.45, 7) is 2.54. The van der Waals surface area contributed by atoms with Crippen molar-refractivity contribution in [2.75, 3.05) is 25.5 Å². The average Bonchev–Trinajstić information content (AvgIpc) is 3.28. The Morgan fingerprint density at radius 3 is 2.74 bits per heavy atom. The van der Waals surface area contributed by atoms with Gasteiger partial charge in [-0.25, -0.2) is 9.97 Å². The number of ether oxygens (including phenoxy) is 3. The predicted octanol–water partition coefficient (Wildman–Crippen LogP) is 4.28. The van der Waals surface area contributed by atoms with E-state index >= 15 is 0 Å². The highest BCUT2D eigenvalue weighted by Gasteiger charge is 2.28. The van der Waals surface area contributed by atoms with E-state index in [4.69, 9.17) is 25.8 Å². The maximum absolute atomic E-state index is 10.7. The van der Waals surface area contributed by atoms with Crippen LogP contribution in [0.1, 0.15) is 37.2 Å². The molecule has 2 aromatic heterocycles. The second kappa shape index (κ2) is 11.0. The number of phenols is 1. The van der Waals surface area contributed by atoms with Gasteiger partial charge in [0.1, 0.15) is 29.4 Å². The zero-order valence-corrected chi connectivity index (χ0v) is 20.5. The molecule has 3 unspecified atom stereocenters. The van der Waals surface area contributed by atoms with Gasteiger partial charge in [-0.05, 0) is 37.4 Å². The number of hydrogen-bond acceptors (Lipinski definition) is 10. The van der Waals surface area contributed by atoms with E-state index in [1.54, 1.807) is 37.0 Å². The SMILES string of the molecule is COc1cccc(O)c1-n1c(NSC(C)C(OC)c2ncc(Cl)cn2)nnc1C1C=CCCO1.